The molecule has 2 N–H and O–H groups in total. The number of benzene rings is 3. The minimum atomic E-state index is -1.13. The molecule has 0 aromatic heterocycles. The lowest BCUT2D eigenvalue weighted by atomic mass is 10.1. The van der Waals surface area contributed by atoms with E-state index in [1.807, 2.05) is 0 Å². The smallest absolute Gasteiger partial charge is 0.341 e. The molecule has 37 heavy (non-hydrogen) atoms. The van der Waals surface area contributed by atoms with Gasteiger partial charge < -0.3 is 29.4 Å². The molecule has 0 aliphatic carbocycles. The van der Waals surface area contributed by atoms with Gasteiger partial charge in [0.15, 0.2) is 42.0 Å². The van der Waals surface area contributed by atoms with E-state index in [0.717, 1.165) is 0 Å². The zero-order valence-electron chi connectivity index (χ0n) is 20.0. The van der Waals surface area contributed by atoms with Crippen LogP contribution in [-0.4, -0.2) is 50.2 Å². The van der Waals surface area contributed by atoms with Crippen molar-refractivity contribution in [2.75, 3.05) is 32.8 Å². The van der Waals surface area contributed by atoms with Crippen molar-refractivity contribution < 1.29 is 38.4 Å². The number of halogens is 1. The Morgan fingerprint density at radius 2 is 1.51 bits per heavy atom. The largest absolute Gasteiger partial charge is 0.493 e. The minimum absolute atomic E-state index is 0.214. The third-order valence-corrected chi connectivity index (χ3v) is 5.25. The highest BCUT2D eigenvalue weighted by Gasteiger charge is 2.12. The van der Waals surface area contributed by atoms with Crippen LogP contribution in [0.25, 0.3) is 6.08 Å². The number of ketones is 1. The number of carbonyl (C=O) groups excluding carboxylic acids is 2. The first-order valence-electron chi connectivity index (χ1n) is 10.9. The Balaban J connectivity index is 1.64. The molecule has 0 bridgehead atoms. The zero-order chi connectivity index (χ0) is 26.8. The normalized spacial score (nSPS) is 10.6. The fourth-order valence-corrected chi connectivity index (χ4v) is 3.33. The molecule has 3 rings (SSSR count). The summed E-state index contributed by atoms with van der Waals surface area (Å²) < 4.78 is 21.3. The van der Waals surface area contributed by atoms with Crippen molar-refractivity contribution in [1.29, 1.82) is 0 Å². The number of rotatable bonds is 12. The van der Waals surface area contributed by atoms with Crippen molar-refractivity contribution in [3.63, 3.8) is 0 Å². The van der Waals surface area contributed by atoms with Crippen LogP contribution in [0.4, 0.5) is 5.69 Å². The van der Waals surface area contributed by atoms with E-state index in [2.05, 4.69) is 5.32 Å². The molecule has 0 radical (unpaired) electrons. The third-order valence-electron chi connectivity index (χ3n) is 4.92. The molecule has 0 unspecified atom stereocenters. The van der Waals surface area contributed by atoms with Crippen LogP contribution in [0.5, 0.6) is 23.0 Å². The van der Waals surface area contributed by atoms with E-state index < -0.39 is 12.6 Å². The Hall–Kier alpha value is -4.50. The number of carbonyl (C=O) groups is 3. The summed E-state index contributed by atoms with van der Waals surface area (Å²) in [6, 6.07) is 16.3. The monoisotopic (exact) mass is 525 g/mol. The van der Waals surface area contributed by atoms with Crippen LogP contribution in [0.3, 0.4) is 0 Å². The Bertz CT molecular complexity index is 1320. The molecule has 0 spiro atoms. The number of carboxylic acids is 1. The summed E-state index contributed by atoms with van der Waals surface area (Å²) >= 11 is 6.05. The van der Waals surface area contributed by atoms with Crippen molar-refractivity contribution in [1.82, 2.24) is 0 Å². The number of methoxy groups -OCH3 is 2. The highest BCUT2D eigenvalue weighted by molar-refractivity contribution is 6.33. The molecule has 0 heterocycles. The van der Waals surface area contributed by atoms with Crippen molar-refractivity contribution in [2.24, 2.45) is 0 Å². The second-order valence-corrected chi connectivity index (χ2v) is 7.88. The topological polar surface area (TPSA) is 120 Å². The summed E-state index contributed by atoms with van der Waals surface area (Å²) in [4.78, 5) is 35.6. The van der Waals surface area contributed by atoms with Crippen LogP contribution >= 0.6 is 11.6 Å². The average molecular weight is 526 g/mol. The van der Waals surface area contributed by atoms with Gasteiger partial charge in [-0.2, -0.15) is 0 Å². The number of nitrogens with one attached hydrogen (secondary N) is 1. The maximum absolute atomic E-state index is 12.6. The van der Waals surface area contributed by atoms with Crippen molar-refractivity contribution in [2.45, 2.75) is 0 Å². The molecule has 3 aromatic rings. The van der Waals surface area contributed by atoms with E-state index >= 15 is 0 Å². The minimum Gasteiger partial charge on any atom is -0.493 e. The standard InChI is InChI=1S/C27H24ClNO8/c1-34-24-13-17(8-11-22(24)36-15-26(31)29-20-6-4-3-5-19(20)28)7-10-21(30)18-9-12-23(25(14-18)35-2)37-16-27(32)33/h3-14H,15-16H2,1-2H3,(H,29,31)(H,32,33). The Kier molecular flexibility index (Phi) is 9.51. The molecule has 0 aliphatic heterocycles. The van der Waals surface area contributed by atoms with Gasteiger partial charge in [0, 0.05) is 5.56 Å². The predicted octanol–water partition coefficient (Wildman–Crippen LogP) is 4.73. The lowest BCUT2D eigenvalue weighted by Gasteiger charge is -2.12. The number of para-hydroxylation sites is 1. The predicted molar refractivity (Wildman–Crippen MR) is 138 cm³/mol. The van der Waals surface area contributed by atoms with Gasteiger partial charge in [-0.05, 0) is 54.1 Å². The first kappa shape index (κ1) is 27.1. The van der Waals surface area contributed by atoms with Crippen LogP contribution in [0.15, 0.2) is 66.7 Å². The summed E-state index contributed by atoms with van der Waals surface area (Å²) in [5.41, 5.74) is 1.47. The molecule has 0 saturated carbocycles. The lowest BCUT2D eigenvalue weighted by Crippen LogP contribution is -2.20. The number of carboxylic acid groups (broad SMARTS) is 1. The van der Waals surface area contributed by atoms with Crippen LogP contribution in [0, 0.1) is 0 Å². The molecule has 1 amide bonds. The Morgan fingerprint density at radius 1 is 0.865 bits per heavy atom. The van der Waals surface area contributed by atoms with E-state index in [4.69, 9.17) is 35.7 Å². The van der Waals surface area contributed by atoms with Gasteiger partial charge in [-0.25, -0.2) is 4.79 Å². The fourth-order valence-electron chi connectivity index (χ4n) is 3.15. The Labute approximate surface area is 218 Å². The summed E-state index contributed by atoms with van der Waals surface area (Å²) in [7, 11) is 2.86. The summed E-state index contributed by atoms with van der Waals surface area (Å²) in [5, 5.41) is 11.9. The van der Waals surface area contributed by atoms with Gasteiger partial charge in [0.25, 0.3) is 5.91 Å². The number of amides is 1. The van der Waals surface area contributed by atoms with Gasteiger partial charge in [-0.3, -0.25) is 9.59 Å². The van der Waals surface area contributed by atoms with Gasteiger partial charge in [0.1, 0.15) is 0 Å². The van der Waals surface area contributed by atoms with Crippen molar-refractivity contribution in [3.05, 3.63) is 82.9 Å². The third kappa shape index (κ3) is 7.74. The molecule has 9 nitrogen and oxygen atoms in total. The highest BCUT2D eigenvalue weighted by Crippen LogP contribution is 2.30. The van der Waals surface area contributed by atoms with Crippen LogP contribution < -0.4 is 24.3 Å². The van der Waals surface area contributed by atoms with Gasteiger partial charge in [0.05, 0.1) is 24.9 Å². The summed E-state index contributed by atoms with van der Waals surface area (Å²) in [6.07, 6.45) is 2.97. The molecule has 0 saturated heterocycles. The lowest BCUT2D eigenvalue weighted by molar-refractivity contribution is -0.139. The number of anilines is 1. The van der Waals surface area contributed by atoms with E-state index in [1.54, 1.807) is 48.5 Å². The number of allylic oxidation sites excluding steroid dienone is 1. The van der Waals surface area contributed by atoms with Crippen LogP contribution in [0.1, 0.15) is 15.9 Å². The quantitative estimate of drug-likeness (QED) is 0.257. The molecular weight excluding hydrogens is 502 g/mol. The van der Waals surface area contributed by atoms with Crippen molar-refractivity contribution >= 4 is 41.0 Å². The second kappa shape index (κ2) is 13.0. The van der Waals surface area contributed by atoms with Crippen LogP contribution in [-0.2, 0) is 9.59 Å². The summed E-state index contributed by atoms with van der Waals surface area (Å²) in [6.45, 7) is -0.791. The highest BCUT2D eigenvalue weighted by atomic mass is 35.5. The molecule has 0 aliphatic rings. The number of hydrogen-bond donors (Lipinski definition) is 2. The molecule has 0 atom stereocenters. The van der Waals surface area contributed by atoms with Gasteiger partial charge in [-0.1, -0.05) is 35.9 Å². The van der Waals surface area contributed by atoms with E-state index in [1.165, 1.54) is 38.5 Å². The first-order valence-corrected chi connectivity index (χ1v) is 11.3. The molecule has 10 heteroatoms. The fraction of sp³-hybridized carbons (Fsp3) is 0.148. The maximum atomic E-state index is 12.6. The maximum Gasteiger partial charge on any atom is 0.341 e. The van der Waals surface area contributed by atoms with E-state index in [-0.39, 0.29) is 29.8 Å². The van der Waals surface area contributed by atoms with E-state index in [9.17, 15) is 14.4 Å². The second-order valence-electron chi connectivity index (χ2n) is 7.47. The van der Waals surface area contributed by atoms with Crippen LogP contribution in [0.2, 0.25) is 5.02 Å². The zero-order valence-corrected chi connectivity index (χ0v) is 20.8. The van der Waals surface area contributed by atoms with Crippen molar-refractivity contribution in [3.8, 4) is 23.0 Å². The van der Waals surface area contributed by atoms with E-state index in [0.29, 0.717) is 33.3 Å². The average Bonchev–Trinajstić information content (AvgIpc) is 2.90. The Morgan fingerprint density at radius 3 is 2.19 bits per heavy atom. The number of ether oxygens (including phenoxy) is 4. The molecule has 3 aromatic carbocycles. The first-order chi connectivity index (χ1) is 17.8. The van der Waals surface area contributed by atoms with Gasteiger partial charge in [-0.15, -0.1) is 0 Å². The molecular formula is C27H24ClNO8. The molecule has 192 valence electrons. The van der Waals surface area contributed by atoms with Gasteiger partial charge in [0.2, 0.25) is 0 Å². The summed E-state index contributed by atoms with van der Waals surface area (Å²) in [5.74, 6) is -0.646. The number of aliphatic carboxylic acids is 1. The molecule has 0 fully saturated rings. The number of hydrogen-bond acceptors (Lipinski definition) is 7. The van der Waals surface area contributed by atoms with Gasteiger partial charge >= 0.3 is 5.97 Å². The SMILES string of the molecule is COc1cc(C(=O)C=Cc2ccc(OCC(=O)Nc3ccccc3Cl)c(OC)c2)ccc1OCC(=O)O.